The minimum Gasteiger partial charge on any atom is -0.481 e. The first-order chi connectivity index (χ1) is 19.2. The van der Waals surface area contributed by atoms with E-state index in [9.17, 15) is 19.2 Å². The maximum atomic E-state index is 13.1. The fourth-order valence-corrected chi connectivity index (χ4v) is 6.34. The molecule has 212 valence electrons. The second-order valence-corrected chi connectivity index (χ2v) is 11.1. The minimum absolute atomic E-state index is 0.00311. The number of carbonyl (C=O) groups is 4. The number of amides is 2. The zero-order chi connectivity index (χ0) is 28.4. The monoisotopic (exact) mass is 548 g/mol. The summed E-state index contributed by atoms with van der Waals surface area (Å²) in [6.07, 6.45) is 3.21. The standard InChI is InChI=1S/C30H36N4O6/c1-40-30(39)21-5-7-22(8-6-21)32-13-11-19(12-14-32)15-20-16-33(17-20)25-4-2-3-23-24(25)18-34(29(23)38)26(28(31)37)9-10-27(35)36/h2-8,19-20,26H,9-18H2,1H3,(H2,31,37)(H,35,36)/t26-/m0/s1. The van der Waals surface area contributed by atoms with Gasteiger partial charge in [0.25, 0.3) is 5.91 Å². The van der Waals surface area contributed by atoms with E-state index in [2.05, 4.69) is 9.80 Å². The van der Waals surface area contributed by atoms with E-state index in [1.807, 2.05) is 36.4 Å². The van der Waals surface area contributed by atoms with Gasteiger partial charge < -0.3 is 30.3 Å². The number of nitrogens with two attached hydrogens (primary N) is 1. The van der Waals surface area contributed by atoms with Crippen molar-refractivity contribution < 1.29 is 29.0 Å². The van der Waals surface area contributed by atoms with Crippen LogP contribution in [0.5, 0.6) is 0 Å². The van der Waals surface area contributed by atoms with E-state index in [-0.39, 0.29) is 31.3 Å². The van der Waals surface area contributed by atoms with Gasteiger partial charge in [0.1, 0.15) is 6.04 Å². The normalized spacial score (nSPS) is 18.3. The third kappa shape index (κ3) is 5.61. The quantitative estimate of drug-likeness (QED) is 0.433. The number of esters is 1. The zero-order valence-corrected chi connectivity index (χ0v) is 22.8. The molecule has 3 aliphatic rings. The van der Waals surface area contributed by atoms with Crippen molar-refractivity contribution in [3.63, 3.8) is 0 Å². The number of ether oxygens (including phenoxy) is 1. The zero-order valence-electron chi connectivity index (χ0n) is 22.8. The lowest BCUT2D eigenvalue weighted by Gasteiger charge is -2.44. The maximum Gasteiger partial charge on any atom is 0.337 e. The number of piperidine rings is 1. The Morgan fingerprint density at radius 1 is 1.02 bits per heavy atom. The van der Waals surface area contributed by atoms with E-state index in [0.717, 1.165) is 56.0 Å². The molecule has 40 heavy (non-hydrogen) atoms. The maximum absolute atomic E-state index is 13.1. The Kier molecular flexibility index (Phi) is 7.95. The number of anilines is 2. The molecule has 0 bridgehead atoms. The molecule has 10 nitrogen and oxygen atoms in total. The number of rotatable bonds is 10. The number of hydrogen-bond donors (Lipinski definition) is 2. The van der Waals surface area contributed by atoms with Gasteiger partial charge >= 0.3 is 11.9 Å². The van der Waals surface area contributed by atoms with Crippen LogP contribution in [-0.4, -0.2) is 73.1 Å². The Bertz CT molecular complexity index is 1280. The van der Waals surface area contributed by atoms with E-state index in [1.54, 1.807) is 6.07 Å². The average molecular weight is 549 g/mol. The first kappa shape index (κ1) is 27.5. The number of aliphatic carboxylic acids is 1. The number of carboxylic acid groups (broad SMARTS) is 1. The third-order valence-electron chi connectivity index (χ3n) is 8.54. The van der Waals surface area contributed by atoms with E-state index < -0.39 is 17.9 Å². The molecule has 0 radical (unpaired) electrons. The lowest BCUT2D eigenvalue weighted by Crippen LogP contribution is -2.48. The van der Waals surface area contributed by atoms with Gasteiger partial charge in [-0.3, -0.25) is 14.4 Å². The summed E-state index contributed by atoms with van der Waals surface area (Å²) < 4.78 is 4.78. The Labute approximate surface area is 233 Å². The van der Waals surface area contributed by atoms with Crippen LogP contribution in [0.4, 0.5) is 11.4 Å². The van der Waals surface area contributed by atoms with Gasteiger partial charge in [0.2, 0.25) is 5.91 Å². The molecule has 0 aliphatic carbocycles. The number of carbonyl (C=O) groups excluding carboxylic acids is 3. The molecular weight excluding hydrogens is 512 g/mol. The first-order valence-electron chi connectivity index (χ1n) is 13.9. The number of nitrogens with zero attached hydrogens (tertiary/aromatic N) is 3. The molecule has 2 aromatic carbocycles. The number of primary amides is 1. The summed E-state index contributed by atoms with van der Waals surface area (Å²) in [5.41, 5.74) is 9.70. The lowest BCUT2D eigenvalue weighted by molar-refractivity contribution is -0.137. The molecule has 10 heteroatoms. The molecule has 0 unspecified atom stereocenters. The largest absolute Gasteiger partial charge is 0.481 e. The van der Waals surface area contributed by atoms with Gasteiger partial charge in [-0.1, -0.05) is 6.07 Å². The SMILES string of the molecule is COC(=O)c1ccc(N2CCC(CC3CN(c4cccc5c4CN([C@@H](CCC(=O)O)C(N)=O)C5=O)C3)CC2)cc1. The number of fused-ring (bicyclic) bond motifs is 1. The van der Waals surface area contributed by atoms with Crippen molar-refractivity contribution in [1.82, 2.24) is 4.90 Å². The molecule has 0 saturated carbocycles. The summed E-state index contributed by atoms with van der Waals surface area (Å²) in [4.78, 5) is 54.0. The smallest absolute Gasteiger partial charge is 0.337 e. The third-order valence-corrected chi connectivity index (χ3v) is 8.54. The summed E-state index contributed by atoms with van der Waals surface area (Å²) in [6, 6.07) is 12.3. The first-order valence-corrected chi connectivity index (χ1v) is 13.9. The molecule has 2 saturated heterocycles. The molecular formula is C30H36N4O6. The highest BCUT2D eigenvalue weighted by Crippen LogP contribution is 2.38. The second kappa shape index (κ2) is 11.6. The molecule has 2 aromatic rings. The van der Waals surface area contributed by atoms with Gasteiger partial charge in [0.15, 0.2) is 0 Å². The average Bonchev–Trinajstić information content (AvgIpc) is 3.26. The van der Waals surface area contributed by atoms with Crippen molar-refractivity contribution in [2.75, 3.05) is 43.1 Å². The highest BCUT2D eigenvalue weighted by Gasteiger charge is 2.39. The van der Waals surface area contributed by atoms with E-state index in [1.165, 1.54) is 18.4 Å². The minimum atomic E-state index is -1.03. The predicted octanol–water partition coefficient (Wildman–Crippen LogP) is 2.89. The van der Waals surface area contributed by atoms with Crippen LogP contribution in [0.2, 0.25) is 0 Å². The fourth-order valence-electron chi connectivity index (χ4n) is 6.34. The van der Waals surface area contributed by atoms with E-state index in [0.29, 0.717) is 23.0 Å². The Balaban J connectivity index is 1.13. The predicted molar refractivity (Wildman–Crippen MR) is 149 cm³/mol. The van der Waals surface area contributed by atoms with Gasteiger partial charge in [-0.2, -0.15) is 0 Å². The van der Waals surface area contributed by atoms with Crippen LogP contribution in [0.3, 0.4) is 0 Å². The number of hydrogen-bond acceptors (Lipinski definition) is 7. The van der Waals surface area contributed by atoms with Crippen LogP contribution in [0.1, 0.15) is 58.4 Å². The highest BCUT2D eigenvalue weighted by molar-refractivity contribution is 6.02. The number of benzene rings is 2. The summed E-state index contributed by atoms with van der Waals surface area (Å²) in [6.45, 7) is 4.10. The molecule has 2 amide bonds. The van der Waals surface area contributed by atoms with Crippen LogP contribution in [0.15, 0.2) is 42.5 Å². The molecule has 1 atom stereocenters. The van der Waals surface area contributed by atoms with Crippen LogP contribution in [-0.2, 0) is 20.9 Å². The summed E-state index contributed by atoms with van der Waals surface area (Å²) in [5, 5.41) is 9.05. The Morgan fingerprint density at radius 2 is 1.73 bits per heavy atom. The summed E-state index contributed by atoms with van der Waals surface area (Å²) in [7, 11) is 1.39. The number of carboxylic acids is 1. The van der Waals surface area contributed by atoms with Crippen molar-refractivity contribution in [1.29, 1.82) is 0 Å². The molecule has 3 aliphatic heterocycles. The van der Waals surface area contributed by atoms with Crippen molar-refractivity contribution in [2.45, 2.75) is 44.7 Å². The fraction of sp³-hybridized carbons (Fsp3) is 0.467. The molecule has 0 spiro atoms. The Hall–Kier alpha value is -4.08. The van der Waals surface area contributed by atoms with Crippen LogP contribution >= 0.6 is 0 Å². The molecule has 0 aromatic heterocycles. The number of methoxy groups -OCH3 is 1. The van der Waals surface area contributed by atoms with Gasteiger partial charge in [-0.05, 0) is 73.9 Å². The van der Waals surface area contributed by atoms with Crippen molar-refractivity contribution in [3.8, 4) is 0 Å². The van der Waals surface area contributed by atoms with Gasteiger partial charge in [0, 0.05) is 61.6 Å². The van der Waals surface area contributed by atoms with Gasteiger partial charge in [-0.25, -0.2) is 4.79 Å². The van der Waals surface area contributed by atoms with Crippen molar-refractivity contribution >= 4 is 35.1 Å². The van der Waals surface area contributed by atoms with Crippen LogP contribution < -0.4 is 15.5 Å². The molecule has 3 N–H and O–H groups in total. The molecule has 5 rings (SSSR count). The van der Waals surface area contributed by atoms with Crippen molar-refractivity contribution in [3.05, 3.63) is 59.2 Å². The van der Waals surface area contributed by atoms with Gasteiger partial charge in [-0.15, -0.1) is 0 Å². The van der Waals surface area contributed by atoms with Gasteiger partial charge in [0.05, 0.1) is 12.7 Å². The van der Waals surface area contributed by atoms with Crippen LogP contribution in [0, 0.1) is 11.8 Å². The highest BCUT2D eigenvalue weighted by atomic mass is 16.5. The van der Waals surface area contributed by atoms with Crippen LogP contribution in [0.25, 0.3) is 0 Å². The summed E-state index contributed by atoms with van der Waals surface area (Å²) >= 11 is 0. The molecule has 2 fully saturated rings. The van der Waals surface area contributed by atoms with E-state index in [4.69, 9.17) is 15.6 Å². The summed E-state index contributed by atoms with van der Waals surface area (Å²) in [5.74, 6) is -1.04. The molecule has 3 heterocycles. The Morgan fingerprint density at radius 3 is 2.35 bits per heavy atom. The lowest BCUT2D eigenvalue weighted by atomic mass is 9.83. The topological polar surface area (TPSA) is 133 Å². The van der Waals surface area contributed by atoms with E-state index >= 15 is 0 Å². The van der Waals surface area contributed by atoms with Crippen molar-refractivity contribution in [2.24, 2.45) is 17.6 Å². The second-order valence-electron chi connectivity index (χ2n) is 11.1.